The Morgan fingerprint density at radius 1 is 1.12 bits per heavy atom. The van der Waals surface area contributed by atoms with Crippen LogP contribution >= 0.6 is 0 Å². The van der Waals surface area contributed by atoms with Crippen molar-refractivity contribution in [3.05, 3.63) is 42.0 Å². The van der Waals surface area contributed by atoms with E-state index in [2.05, 4.69) is 43.8 Å². The molecule has 1 amide bonds. The maximum Gasteiger partial charge on any atom is 0.410 e. The van der Waals surface area contributed by atoms with Gasteiger partial charge in [-0.15, -0.1) is 0 Å². The molecule has 1 aromatic heterocycles. The van der Waals surface area contributed by atoms with Crippen molar-refractivity contribution in [1.82, 2.24) is 14.9 Å². The molecule has 0 unspecified atom stereocenters. The Morgan fingerprint density at radius 3 is 2.29 bits per heavy atom. The molecule has 0 radical (unpaired) electrons. The van der Waals surface area contributed by atoms with Crippen LogP contribution < -0.4 is 4.74 Å². The van der Waals surface area contributed by atoms with Crippen molar-refractivity contribution in [2.24, 2.45) is 0 Å². The van der Waals surface area contributed by atoms with Gasteiger partial charge in [0.15, 0.2) is 8.32 Å². The van der Waals surface area contributed by atoms with E-state index in [1.54, 1.807) is 29.4 Å². The lowest BCUT2D eigenvalue weighted by molar-refractivity contribution is -0.0244. The third-order valence-electron chi connectivity index (χ3n) is 6.18. The highest BCUT2D eigenvalue weighted by Crippen LogP contribution is 2.37. The van der Waals surface area contributed by atoms with Crippen LogP contribution in [0.5, 0.6) is 6.01 Å². The van der Waals surface area contributed by atoms with Gasteiger partial charge < -0.3 is 18.8 Å². The Kier molecular flexibility index (Phi) is 7.38. The fourth-order valence-electron chi connectivity index (χ4n) is 3.04. The largest absolute Gasteiger partial charge is 0.456 e. The van der Waals surface area contributed by atoms with Gasteiger partial charge in [0.1, 0.15) is 17.5 Å². The van der Waals surface area contributed by atoms with Crippen LogP contribution in [0.3, 0.4) is 0 Å². The van der Waals surface area contributed by atoms with Crippen LogP contribution in [0.15, 0.2) is 30.6 Å². The van der Waals surface area contributed by atoms with Crippen LogP contribution in [0.1, 0.15) is 47.1 Å². The Balaban J connectivity index is 1.60. The maximum absolute atomic E-state index is 15.2. The Labute approximate surface area is 202 Å². The van der Waals surface area contributed by atoms with Gasteiger partial charge in [-0.25, -0.2) is 19.2 Å². The molecule has 1 aliphatic rings. The van der Waals surface area contributed by atoms with Crippen molar-refractivity contribution < 1.29 is 23.1 Å². The summed E-state index contributed by atoms with van der Waals surface area (Å²) in [5.41, 5.74) is 0.954. The Morgan fingerprint density at radius 2 is 1.74 bits per heavy atom. The van der Waals surface area contributed by atoms with E-state index in [-0.39, 0.29) is 35.7 Å². The number of halogens is 1. The molecular weight excluding hydrogens is 453 g/mol. The van der Waals surface area contributed by atoms with Gasteiger partial charge in [-0.05, 0) is 38.9 Å². The summed E-state index contributed by atoms with van der Waals surface area (Å²) in [5.74, 6) is -0.328. The zero-order valence-corrected chi connectivity index (χ0v) is 22.4. The molecule has 0 saturated carbocycles. The highest BCUT2D eigenvalue weighted by molar-refractivity contribution is 6.74. The first-order valence-electron chi connectivity index (χ1n) is 11.5. The number of likely N-dealkylation sites (tertiary alicyclic amines) is 1. The second-order valence-electron chi connectivity index (χ2n) is 11.2. The van der Waals surface area contributed by atoms with Gasteiger partial charge in [0.05, 0.1) is 19.7 Å². The summed E-state index contributed by atoms with van der Waals surface area (Å²) < 4.78 is 32.5. The average Bonchev–Trinajstić information content (AvgIpc) is 2.68. The molecule has 3 rings (SSSR count). The molecule has 1 fully saturated rings. The normalized spacial score (nSPS) is 15.1. The van der Waals surface area contributed by atoms with Crippen molar-refractivity contribution in [2.75, 3.05) is 13.1 Å². The summed E-state index contributed by atoms with van der Waals surface area (Å²) in [5, 5.41) is 0.0507. The average molecular weight is 490 g/mol. The Bertz CT molecular complexity index is 1010. The first-order chi connectivity index (χ1) is 15.7. The predicted octanol–water partition coefficient (Wildman–Crippen LogP) is 5.80. The minimum Gasteiger partial charge on any atom is -0.456 e. The topological polar surface area (TPSA) is 73.8 Å². The van der Waals surface area contributed by atoms with Crippen LogP contribution in [0, 0.1) is 5.82 Å². The number of amides is 1. The highest BCUT2D eigenvalue weighted by atomic mass is 28.4. The van der Waals surface area contributed by atoms with Gasteiger partial charge in [-0.2, -0.15) is 0 Å². The number of ether oxygens (including phenoxy) is 2. The van der Waals surface area contributed by atoms with E-state index < -0.39 is 13.9 Å². The summed E-state index contributed by atoms with van der Waals surface area (Å²) in [4.78, 5) is 22.1. The standard InChI is InChI=1S/C25H36FN3O4Si/c1-24(2,3)33-23(30)29-14-19(15-29)32-22-27-12-18(13-28-22)20-11-9-10-17(21(20)26)16-31-34(7,8)25(4,5)6/h9-13,19H,14-16H2,1-8H3. The van der Waals surface area contributed by atoms with Crippen molar-refractivity contribution in [2.45, 2.75) is 78.0 Å². The van der Waals surface area contributed by atoms with Gasteiger partial charge in [-0.1, -0.05) is 39.0 Å². The van der Waals surface area contributed by atoms with Gasteiger partial charge >= 0.3 is 12.1 Å². The third kappa shape index (κ3) is 6.32. The minimum atomic E-state index is -1.99. The summed E-state index contributed by atoms with van der Waals surface area (Å²) >= 11 is 0. The van der Waals surface area contributed by atoms with Crippen LogP contribution in [0.4, 0.5) is 9.18 Å². The van der Waals surface area contributed by atoms with Crippen molar-refractivity contribution in [1.29, 1.82) is 0 Å². The molecule has 2 heterocycles. The number of hydrogen-bond acceptors (Lipinski definition) is 6. The number of carbonyl (C=O) groups is 1. The lowest BCUT2D eigenvalue weighted by atomic mass is 10.1. The molecule has 1 aromatic carbocycles. The lowest BCUT2D eigenvalue weighted by Gasteiger charge is -2.38. The van der Waals surface area contributed by atoms with E-state index in [1.807, 2.05) is 26.8 Å². The van der Waals surface area contributed by atoms with Crippen molar-refractivity contribution in [3.63, 3.8) is 0 Å². The zero-order valence-electron chi connectivity index (χ0n) is 21.4. The summed E-state index contributed by atoms with van der Waals surface area (Å²) in [6.45, 7) is 17.3. The van der Waals surface area contributed by atoms with E-state index in [4.69, 9.17) is 13.9 Å². The van der Waals surface area contributed by atoms with E-state index in [0.29, 0.717) is 29.8 Å². The molecule has 34 heavy (non-hydrogen) atoms. The molecule has 0 spiro atoms. The number of benzene rings is 1. The lowest BCUT2D eigenvalue weighted by Crippen LogP contribution is -2.57. The highest BCUT2D eigenvalue weighted by Gasteiger charge is 2.37. The van der Waals surface area contributed by atoms with Crippen LogP contribution in [-0.4, -0.2) is 54.1 Å². The number of aromatic nitrogens is 2. The number of carbonyl (C=O) groups excluding carboxylic acids is 1. The quantitative estimate of drug-likeness (QED) is 0.477. The van der Waals surface area contributed by atoms with Crippen molar-refractivity contribution in [3.8, 4) is 17.1 Å². The monoisotopic (exact) mass is 489 g/mol. The molecule has 0 atom stereocenters. The van der Waals surface area contributed by atoms with Gasteiger partial charge in [-0.3, -0.25) is 0 Å². The second kappa shape index (κ2) is 9.62. The molecule has 2 aromatic rings. The maximum atomic E-state index is 15.2. The molecule has 186 valence electrons. The van der Waals surface area contributed by atoms with E-state index in [1.165, 1.54) is 0 Å². The Hall–Kier alpha value is -2.52. The molecule has 0 bridgehead atoms. The number of nitrogens with zero attached hydrogens (tertiary/aromatic N) is 3. The van der Waals surface area contributed by atoms with Crippen LogP contribution in [0.2, 0.25) is 18.1 Å². The first-order valence-corrected chi connectivity index (χ1v) is 14.5. The van der Waals surface area contributed by atoms with E-state index in [9.17, 15) is 4.79 Å². The predicted molar refractivity (Wildman–Crippen MR) is 132 cm³/mol. The fourth-order valence-corrected chi connectivity index (χ4v) is 3.99. The molecule has 0 N–H and O–H groups in total. The molecule has 9 heteroatoms. The molecule has 0 aliphatic carbocycles. The van der Waals surface area contributed by atoms with E-state index >= 15 is 4.39 Å². The van der Waals surface area contributed by atoms with Crippen LogP contribution in [-0.2, 0) is 15.8 Å². The first kappa shape index (κ1) is 26.1. The van der Waals surface area contributed by atoms with E-state index in [0.717, 1.165) is 0 Å². The second-order valence-corrected chi connectivity index (χ2v) is 16.0. The fraction of sp³-hybridized carbons (Fsp3) is 0.560. The van der Waals surface area contributed by atoms with Crippen LogP contribution in [0.25, 0.3) is 11.1 Å². The zero-order chi connectivity index (χ0) is 25.3. The van der Waals surface area contributed by atoms with Gasteiger partial charge in [0.2, 0.25) is 0 Å². The van der Waals surface area contributed by atoms with Crippen molar-refractivity contribution >= 4 is 14.4 Å². The smallest absolute Gasteiger partial charge is 0.410 e. The van der Waals surface area contributed by atoms with Gasteiger partial charge in [0.25, 0.3) is 0 Å². The number of hydrogen-bond donors (Lipinski definition) is 0. The summed E-state index contributed by atoms with van der Waals surface area (Å²) in [6, 6.07) is 5.45. The summed E-state index contributed by atoms with van der Waals surface area (Å²) in [7, 11) is -1.99. The third-order valence-corrected chi connectivity index (χ3v) is 10.7. The van der Waals surface area contributed by atoms with Gasteiger partial charge in [0, 0.05) is 29.1 Å². The molecule has 7 nitrogen and oxygen atoms in total. The molecular formula is C25H36FN3O4Si. The summed E-state index contributed by atoms with van der Waals surface area (Å²) in [6.07, 6.45) is 2.52. The SMILES string of the molecule is CC(C)(C)OC(=O)N1CC(Oc2ncc(-c3cccc(CO[Si](C)(C)C(C)(C)C)c3F)cn2)C1. The minimum absolute atomic E-state index is 0.0507. The molecule has 1 aliphatic heterocycles. The molecule has 1 saturated heterocycles. The number of rotatable bonds is 6.